The van der Waals surface area contributed by atoms with Crippen LogP contribution in [-0.2, 0) is 0 Å². The van der Waals surface area contributed by atoms with E-state index in [1.165, 1.54) is 0 Å². The molecule has 0 aliphatic heterocycles. The molecule has 32 heavy (non-hydrogen) atoms. The normalized spacial score (nSPS) is 11.8. The van der Waals surface area contributed by atoms with Gasteiger partial charge in [0.1, 0.15) is 17.1 Å². The monoisotopic (exact) mass is 438 g/mol. The quantitative estimate of drug-likeness (QED) is 0.292. The summed E-state index contributed by atoms with van der Waals surface area (Å²) >= 11 is 1.60. The van der Waals surface area contributed by atoms with Crippen LogP contribution in [0, 0.1) is 6.92 Å². The molecule has 0 saturated heterocycles. The molecule has 0 fully saturated rings. The predicted octanol–water partition coefficient (Wildman–Crippen LogP) is 7.16. The Morgan fingerprint density at radius 2 is 1.66 bits per heavy atom. The van der Waals surface area contributed by atoms with Crippen LogP contribution in [0.4, 0.5) is 5.13 Å². The van der Waals surface area contributed by atoms with E-state index in [-0.39, 0.29) is 0 Å². The van der Waals surface area contributed by atoms with Crippen molar-refractivity contribution in [2.24, 2.45) is 4.99 Å². The molecule has 5 aromatic rings. The van der Waals surface area contributed by atoms with Gasteiger partial charge in [-0.3, -0.25) is 0 Å². The van der Waals surface area contributed by atoms with Crippen LogP contribution >= 0.6 is 11.3 Å². The number of aryl methyl sites for hydroxylation is 1. The number of rotatable bonds is 5. The van der Waals surface area contributed by atoms with Gasteiger partial charge >= 0.3 is 0 Å². The van der Waals surface area contributed by atoms with Crippen molar-refractivity contribution in [3.63, 3.8) is 0 Å². The molecule has 5 rings (SSSR count). The van der Waals surface area contributed by atoms with E-state index in [1.54, 1.807) is 11.3 Å². The van der Waals surface area contributed by atoms with Crippen molar-refractivity contribution in [3.8, 4) is 28.3 Å². The minimum absolute atomic E-state index is 0.640. The summed E-state index contributed by atoms with van der Waals surface area (Å²) in [6.07, 6.45) is 0. The van der Waals surface area contributed by atoms with Gasteiger partial charge in [-0.1, -0.05) is 53.8 Å². The lowest BCUT2D eigenvalue weighted by atomic mass is 10.1. The van der Waals surface area contributed by atoms with Crippen molar-refractivity contribution in [1.82, 2.24) is 4.98 Å². The summed E-state index contributed by atoms with van der Waals surface area (Å²) in [5.41, 5.74) is 3.84. The summed E-state index contributed by atoms with van der Waals surface area (Å²) in [5.74, 6) is 1.59. The molecule has 2 aromatic heterocycles. The first kappa shape index (κ1) is 20.2. The van der Waals surface area contributed by atoms with Gasteiger partial charge in [-0.15, -0.1) is 0 Å². The molecule has 0 bridgehead atoms. The number of benzene rings is 3. The van der Waals surface area contributed by atoms with Crippen LogP contribution < -0.4 is 10.1 Å². The zero-order valence-corrected chi connectivity index (χ0v) is 18.7. The smallest absolute Gasteiger partial charge is 0.210 e. The van der Waals surface area contributed by atoms with E-state index in [0.717, 1.165) is 54.7 Å². The maximum atomic E-state index is 6.21. The van der Waals surface area contributed by atoms with Crippen LogP contribution in [0.15, 0.2) is 94.3 Å². The van der Waals surface area contributed by atoms with E-state index in [9.17, 15) is 0 Å². The summed E-state index contributed by atoms with van der Waals surface area (Å²) in [5, 5.41) is 2.52. The zero-order valence-electron chi connectivity index (χ0n) is 17.9. The molecule has 3 aromatic carbocycles. The van der Waals surface area contributed by atoms with Gasteiger partial charge in [-0.25, -0.2) is 9.98 Å². The van der Waals surface area contributed by atoms with E-state index in [4.69, 9.17) is 19.1 Å². The highest BCUT2D eigenvalue weighted by Gasteiger charge is 2.11. The maximum Gasteiger partial charge on any atom is 0.210 e. The van der Waals surface area contributed by atoms with Gasteiger partial charge in [0, 0.05) is 27.5 Å². The molecule has 5 heteroatoms. The lowest BCUT2D eigenvalue weighted by Crippen LogP contribution is -2.03. The minimum Gasteiger partial charge on any atom is -0.494 e. The van der Waals surface area contributed by atoms with Gasteiger partial charge in [0.05, 0.1) is 17.7 Å². The summed E-state index contributed by atoms with van der Waals surface area (Å²) < 4.78 is 11.8. The molecule has 0 amide bonds. The van der Waals surface area contributed by atoms with Gasteiger partial charge in [-0.2, -0.15) is 0 Å². The van der Waals surface area contributed by atoms with Crippen LogP contribution in [0.25, 0.3) is 33.6 Å². The second-order valence-corrected chi connectivity index (χ2v) is 8.51. The maximum absolute atomic E-state index is 6.21. The SMILES string of the molecule is CCOc1ccc(-c2cc(=Nc3nc(-c4ccccc4)c(C)s3)c3ccccc3o2)cc1. The van der Waals surface area contributed by atoms with Crippen molar-refractivity contribution in [2.45, 2.75) is 13.8 Å². The third kappa shape index (κ3) is 4.07. The highest BCUT2D eigenvalue weighted by atomic mass is 32.1. The highest BCUT2D eigenvalue weighted by Crippen LogP contribution is 2.32. The van der Waals surface area contributed by atoms with E-state index < -0.39 is 0 Å². The Morgan fingerprint density at radius 1 is 0.906 bits per heavy atom. The Labute approximate surface area is 190 Å². The van der Waals surface area contributed by atoms with E-state index in [1.807, 2.05) is 79.7 Å². The van der Waals surface area contributed by atoms with Crippen LogP contribution in [0.2, 0.25) is 0 Å². The lowest BCUT2D eigenvalue weighted by molar-refractivity contribution is 0.340. The average molecular weight is 439 g/mol. The number of nitrogens with zero attached hydrogens (tertiary/aromatic N) is 2. The molecular formula is C27H22N2O2S. The Hall–Kier alpha value is -3.70. The lowest BCUT2D eigenvalue weighted by Gasteiger charge is -2.06. The average Bonchev–Trinajstić information content (AvgIpc) is 3.20. The Bertz CT molecular complexity index is 1430. The molecule has 0 aliphatic carbocycles. The van der Waals surface area contributed by atoms with Crippen LogP contribution in [0.1, 0.15) is 11.8 Å². The largest absolute Gasteiger partial charge is 0.494 e. The standard InChI is InChI=1S/C27H22N2O2S/c1-3-30-21-15-13-19(14-16-21)25-17-23(22-11-7-8-12-24(22)31-25)28-27-29-26(18(2)32-27)20-9-5-4-6-10-20/h4-17H,3H2,1-2H3. The van der Waals surface area contributed by atoms with E-state index in [2.05, 4.69) is 19.1 Å². The molecule has 0 aliphatic rings. The zero-order chi connectivity index (χ0) is 21.9. The molecular weight excluding hydrogens is 416 g/mol. The molecule has 0 radical (unpaired) electrons. The van der Waals surface area contributed by atoms with E-state index >= 15 is 0 Å². The van der Waals surface area contributed by atoms with Gasteiger partial charge in [-0.05, 0) is 50.2 Å². The van der Waals surface area contributed by atoms with Crippen molar-refractivity contribution < 1.29 is 9.15 Å². The number of fused-ring (bicyclic) bond motifs is 1. The molecule has 158 valence electrons. The molecule has 0 atom stereocenters. The number of aromatic nitrogens is 1. The predicted molar refractivity (Wildman–Crippen MR) is 130 cm³/mol. The minimum atomic E-state index is 0.640. The number of hydrogen-bond acceptors (Lipinski definition) is 5. The summed E-state index contributed by atoms with van der Waals surface area (Å²) in [6.45, 7) is 4.70. The van der Waals surface area contributed by atoms with Crippen LogP contribution in [-0.4, -0.2) is 11.6 Å². The first-order valence-corrected chi connectivity index (χ1v) is 11.4. The van der Waals surface area contributed by atoms with Gasteiger partial charge in [0.25, 0.3) is 0 Å². The Kier molecular flexibility index (Phi) is 5.57. The van der Waals surface area contributed by atoms with Crippen LogP contribution in [0.3, 0.4) is 0 Å². The Morgan fingerprint density at radius 3 is 2.44 bits per heavy atom. The number of hydrogen-bond donors (Lipinski definition) is 0. The number of para-hydroxylation sites is 1. The van der Waals surface area contributed by atoms with Crippen molar-refractivity contribution in [3.05, 3.63) is 95.2 Å². The summed E-state index contributed by atoms with van der Waals surface area (Å²) in [7, 11) is 0. The summed E-state index contributed by atoms with van der Waals surface area (Å²) in [6, 6.07) is 28.1. The van der Waals surface area contributed by atoms with Gasteiger partial charge in [0.15, 0.2) is 0 Å². The fraction of sp³-hybridized carbons (Fsp3) is 0.111. The second-order valence-electron chi connectivity index (χ2n) is 7.33. The van der Waals surface area contributed by atoms with Crippen molar-refractivity contribution in [2.75, 3.05) is 6.61 Å². The Balaban J connectivity index is 1.63. The third-order valence-corrected chi connectivity index (χ3v) is 6.01. The topological polar surface area (TPSA) is 47.6 Å². The fourth-order valence-corrected chi connectivity index (χ4v) is 4.45. The van der Waals surface area contributed by atoms with Gasteiger partial charge in [0.2, 0.25) is 5.13 Å². The number of thiazole rings is 1. The molecule has 4 nitrogen and oxygen atoms in total. The third-order valence-electron chi connectivity index (χ3n) is 5.15. The first-order chi connectivity index (χ1) is 15.7. The number of ether oxygens (including phenoxy) is 1. The molecule has 0 unspecified atom stereocenters. The molecule has 0 spiro atoms. The highest BCUT2D eigenvalue weighted by molar-refractivity contribution is 7.15. The molecule has 0 N–H and O–H groups in total. The van der Waals surface area contributed by atoms with Crippen molar-refractivity contribution in [1.29, 1.82) is 0 Å². The molecule has 0 saturated carbocycles. The van der Waals surface area contributed by atoms with Gasteiger partial charge < -0.3 is 9.15 Å². The van der Waals surface area contributed by atoms with Crippen LogP contribution in [0.5, 0.6) is 5.75 Å². The van der Waals surface area contributed by atoms with E-state index in [0.29, 0.717) is 6.61 Å². The fourth-order valence-electron chi connectivity index (χ4n) is 3.63. The molecule has 2 heterocycles. The summed E-state index contributed by atoms with van der Waals surface area (Å²) in [4.78, 5) is 10.9. The first-order valence-electron chi connectivity index (χ1n) is 10.5. The van der Waals surface area contributed by atoms with Crippen molar-refractivity contribution >= 4 is 27.4 Å². The second kappa shape index (κ2) is 8.81.